The topological polar surface area (TPSA) is 41.6 Å². The molecular formula is C10H15F3N2O2. The third-order valence-corrected chi connectivity index (χ3v) is 3.12. The first-order valence-corrected chi connectivity index (χ1v) is 5.66. The van der Waals surface area contributed by atoms with Crippen molar-refractivity contribution in [3.8, 4) is 0 Å². The third kappa shape index (κ3) is 3.10. The molecule has 0 saturated carbocycles. The molecule has 0 aliphatic carbocycles. The molecule has 0 aromatic rings. The summed E-state index contributed by atoms with van der Waals surface area (Å²) >= 11 is 0. The van der Waals surface area contributed by atoms with Crippen molar-refractivity contribution in [2.75, 3.05) is 26.2 Å². The minimum atomic E-state index is -4.31. The van der Waals surface area contributed by atoms with Crippen molar-refractivity contribution in [3.63, 3.8) is 0 Å². The van der Waals surface area contributed by atoms with Crippen LogP contribution in [0.3, 0.4) is 0 Å². The Labute approximate surface area is 97.1 Å². The smallest absolute Gasteiger partial charge is 0.377 e. The van der Waals surface area contributed by atoms with Crippen LogP contribution in [0.1, 0.15) is 12.8 Å². The van der Waals surface area contributed by atoms with Crippen molar-refractivity contribution in [2.24, 2.45) is 0 Å². The minimum Gasteiger partial charge on any atom is -0.377 e. The van der Waals surface area contributed by atoms with Crippen LogP contribution < -0.4 is 5.32 Å². The highest BCUT2D eigenvalue weighted by atomic mass is 19.4. The number of halogens is 3. The summed E-state index contributed by atoms with van der Waals surface area (Å²) in [6.07, 6.45) is -2.85. The highest BCUT2D eigenvalue weighted by Crippen LogP contribution is 2.27. The quantitative estimate of drug-likeness (QED) is 0.779. The van der Waals surface area contributed by atoms with E-state index < -0.39 is 12.2 Å². The fourth-order valence-electron chi connectivity index (χ4n) is 2.25. The molecule has 2 fully saturated rings. The molecule has 17 heavy (non-hydrogen) atoms. The van der Waals surface area contributed by atoms with E-state index in [0.717, 1.165) is 12.8 Å². The summed E-state index contributed by atoms with van der Waals surface area (Å²) in [5, 5.41) is 2.25. The third-order valence-electron chi connectivity index (χ3n) is 3.12. The van der Waals surface area contributed by atoms with Crippen LogP contribution in [0, 0.1) is 0 Å². The number of nitrogens with zero attached hydrogens (tertiary/aromatic N) is 1. The SMILES string of the molecule is O=C1CN(CC2CCCO2)C(C(F)(F)F)CN1. The zero-order chi connectivity index (χ0) is 12.5. The van der Waals surface area contributed by atoms with Gasteiger partial charge in [-0.05, 0) is 12.8 Å². The molecule has 1 N–H and O–H groups in total. The highest BCUT2D eigenvalue weighted by molar-refractivity contribution is 5.78. The molecule has 2 rings (SSSR count). The second kappa shape index (κ2) is 4.81. The number of carbonyl (C=O) groups is 1. The van der Waals surface area contributed by atoms with E-state index in [1.54, 1.807) is 0 Å². The predicted molar refractivity (Wildman–Crippen MR) is 53.4 cm³/mol. The van der Waals surface area contributed by atoms with Crippen molar-refractivity contribution in [1.29, 1.82) is 0 Å². The lowest BCUT2D eigenvalue weighted by Gasteiger charge is -2.37. The Morgan fingerprint density at radius 1 is 1.47 bits per heavy atom. The van der Waals surface area contributed by atoms with E-state index in [9.17, 15) is 18.0 Å². The fourth-order valence-corrected chi connectivity index (χ4v) is 2.25. The van der Waals surface area contributed by atoms with E-state index in [-0.39, 0.29) is 31.6 Å². The molecule has 2 saturated heterocycles. The molecule has 98 valence electrons. The number of hydrogen-bond acceptors (Lipinski definition) is 3. The molecule has 0 radical (unpaired) electrons. The maximum Gasteiger partial charge on any atom is 0.405 e. The van der Waals surface area contributed by atoms with Crippen molar-refractivity contribution in [2.45, 2.75) is 31.2 Å². The summed E-state index contributed by atoms with van der Waals surface area (Å²) in [4.78, 5) is 12.3. The normalized spacial score (nSPS) is 31.6. The van der Waals surface area contributed by atoms with Crippen LogP contribution in [0.15, 0.2) is 0 Å². The van der Waals surface area contributed by atoms with Crippen LogP contribution in [0.5, 0.6) is 0 Å². The molecule has 2 atom stereocenters. The zero-order valence-corrected chi connectivity index (χ0v) is 9.29. The Hall–Kier alpha value is -0.820. The largest absolute Gasteiger partial charge is 0.405 e. The van der Waals surface area contributed by atoms with E-state index in [4.69, 9.17) is 4.74 Å². The van der Waals surface area contributed by atoms with E-state index in [0.29, 0.717) is 6.61 Å². The molecule has 0 aromatic carbocycles. The molecule has 2 heterocycles. The van der Waals surface area contributed by atoms with Gasteiger partial charge in [0.2, 0.25) is 5.91 Å². The Bertz CT molecular complexity index is 290. The average molecular weight is 252 g/mol. The van der Waals surface area contributed by atoms with Crippen molar-refractivity contribution in [3.05, 3.63) is 0 Å². The lowest BCUT2D eigenvalue weighted by atomic mass is 10.1. The molecule has 4 nitrogen and oxygen atoms in total. The summed E-state index contributed by atoms with van der Waals surface area (Å²) in [7, 11) is 0. The second-order valence-electron chi connectivity index (χ2n) is 4.43. The number of piperazine rings is 1. The molecule has 1 amide bonds. The number of amides is 1. The van der Waals surface area contributed by atoms with Gasteiger partial charge in [-0.2, -0.15) is 13.2 Å². The maximum absolute atomic E-state index is 12.8. The second-order valence-corrected chi connectivity index (χ2v) is 4.43. The van der Waals surface area contributed by atoms with Gasteiger partial charge in [0, 0.05) is 19.7 Å². The van der Waals surface area contributed by atoms with E-state index in [1.807, 2.05) is 0 Å². The summed E-state index contributed by atoms with van der Waals surface area (Å²) < 4.78 is 43.6. The maximum atomic E-state index is 12.8. The monoisotopic (exact) mass is 252 g/mol. The van der Waals surface area contributed by atoms with Gasteiger partial charge < -0.3 is 10.1 Å². The van der Waals surface area contributed by atoms with Gasteiger partial charge in [-0.15, -0.1) is 0 Å². The van der Waals surface area contributed by atoms with Crippen molar-refractivity contribution in [1.82, 2.24) is 10.2 Å². The lowest BCUT2D eigenvalue weighted by molar-refractivity contribution is -0.191. The van der Waals surface area contributed by atoms with Gasteiger partial charge in [0.15, 0.2) is 0 Å². The molecule has 0 spiro atoms. The van der Waals surface area contributed by atoms with E-state index in [2.05, 4.69) is 5.32 Å². The van der Waals surface area contributed by atoms with Gasteiger partial charge in [-0.1, -0.05) is 0 Å². The lowest BCUT2D eigenvalue weighted by Crippen LogP contribution is -2.61. The predicted octanol–water partition coefficient (Wildman–Crippen LogP) is 0.528. The minimum absolute atomic E-state index is 0.175. The number of hydrogen-bond donors (Lipinski definition) is 1. The van der Waals surface area contributed by atoms with Gasteiger partial charge in [-0.3, -0.25) is 9.69 Å². The summed E-state index contributed by atoms with van der Waals surface area (Å²) in [5.74, 6) is -0.358. The van der Waals surface area contributed by atoms with Crippen molar-refractivity contribution < 1.29 is 22.7 Å². The zero-order valence-electron chi connectivity index (χ0n) is 9.29. The Morgan fingerprint density at radius 3 is 2.82 bits per heavy atom. The molecule has 0 aromatic heterocycles. The van der Waals surface area contributed by atoms with Gasteiger partial charge in [-0.25, -0.2) is 0 Å². The Balaban J connectivity index is 2.00. The van der Waals surface area contributed by atoms with Crippen molar-refractivity contribution >= 4 is 5.91 Å². The summed E-state index contributed by atoms with van der Waals surface area (Å²) in [6.45, 7) is 0.206. The van der Waals surface area contributed by atoms with Crippen LogP contribution in [-0.2, 0) is 9.53 Å². The molecular weight excluding hydrogens is 237 g/mol. The molecule has 7 heteroatoms. The number of nitrogens with one attached hydrogen (secondary N) is 1. The molecule has 2 aliphatic rings. The Kier molecular flexibility index (Phi) is 3.58. The number of alkyl halides is 3. The van der Waals surface area contributed by atoms with E-state index >= 15 is 0 Å². The molecule has 0 bridgehead atoms. The number of rotatable bonds is 2. The first-order valence-electron chi connectivity index (χ1n) is 5.66. The van der Waals surface area contributed by atoms with Crippen LogP contribution in [-0.4, -0.2) is 55.4 Å². The summed E-state index contributed by atoms with van der Waals surface area (Å²) in [6, 6.07) is -1.59. The molecule has 2 aliphatic heterocycles. The highest BCUT2D eigenvalue weighted by Gasteiger charge is 2.46. The van der Waals surface area contributed by atoms with Crippen LogP contribution >= 0.6 is 0 Å². The fraction of sp³-hybridized carbons (Fsp3) is 0.900. The van der Waals surface area contributed by atoms with Gasteiger partial charge in [0.05, 0.1) is 12.6 Å². The van der Waals surface area contributed by atoms with Crippen LogP contribution in [0.25, 0.3) is 0 Å². The molecule has 2 unspecified atom stereocenters. The first-order chi connectivity index (χ1) is 7.97. The number of ether oxygens (including phenoxy) is 1. The summed E-state index contributed by atoms with van der Waals surface area (Å²) in [5.41, 5.74) is 0. The van der Waals surface area contributed by atoms with Gasteiger partial charge in [0.25, 0.3) is 0 Å². The standard InChI is InChI=1S/C10H15F3N2O2/c11-10(12,13)8-4-14-9(16)6-15(8)5-7-2-1-3-17-7/h7-8H,1-6H2,(H,14,16). The van der Waals surface area contributed by atoms with Crippen LogP contribution in [0.2, 0.25) is 0 Å². The van der Waals surface area contributed by atoms with Gasteiger partial charge in [0.1, 0.15) is 6.04 Å². The first kappa shape index (κ1) is 12.6. The van der Waals surface area contributed by atoms with Crippen LogP contribution in [0.4, 0.5) is 13.2 Å². The van der Waals surface area contributed by atoms with Gasteiger partial charge >= 0.3 is 6.18 Å². The average Bonchev–Trinajstić information content (AvgIpc) is 2.68. The Morgan fingerprint density at radius 2 is 2.24 bits per heavy atom. The van der Waals surface area contributed by atoms with E-state index in [1.165, 1.54) is 4.90 Å². The number of carbonyl (C=O) groups excluding carboxylic acids is 1.